The molecule has 1 fully saturated rings. The van der Waals surface area contributed by atoms with Gasteiger partial charge in [0.25, 0.3) is 5.91 Å². The van der Waals surface area contributed by atoms with Gasteiger partial charge in [-0.25, -0.2) is 8.42 Å². The second kappa shape index (κ2) is 7.77. The van der Waals surface area contributed by atoms with E-state index in [1.54, 1.807) is 24.3 Å². The second-order valence-corrected chi connectivity index (χ2v) is 8.42. The molecule has 0 aromatic heterocycles. The summed E-state index contributed by atoms with van der Waals surface area (Å²) in [6, 6.07) is 7.11. The van der Waals surface area contributed by atoms with E-state index in [4.69, 9.17) is 0 Å². The van der Waals surface area contributed by atoms with Crippen LogP contribution < -0.4 is 5.32 Å². The number of hydrogen-bond donors (Lipinski definition) is 1. The van der Waals surface area contributed by atoms with E-state index >= 15 is 0 Å². The Hall–Kier alpha value is -1.36. The standard InChI is InChI=1S/C17H25NO3S/c1-22(20,21)13-14-9-11-15(12-10-14)17(19)18-16-7-5-3-2-4-6-8-16/h9-12,16H,2-8,13H2,1H3,(H,18,19). The van der Waals surface area contributed by atoms with Crippen molar-refractivity contribution in [3.63, 3.8) is 0 Å². The Kier molecular flexibility index (Phi) is 6.00. The molecule has 5 heteroatoms. The molecule has 0 atom stereocenters. The third-order valence-corrected chi connectivity index (χ3v) is 4.94. The Morgan fingerprint density at radius 2 is 1.59 bits per heavy atom. The summed E-state index contributed by atoms with van der Waals surface area (Å²) in [5, 5.41) is 3.11. The minimum Gasteiger partial charge on any atom is -0.349 e. The van der Waals surface area contributed by atoms with Crippen molar-refractivity contribution in [2.75, 3.05) is 6.26 Å². The maximum absolute atomic E-state index is 12.3. The molecule has 0 radical (unpaired) electrons. The Bertz CT molecular complexity index is 585. The molecule has 1 amide bonds. The van der Waals surface area contributed by atoms with E-state index in [0.29, 0.717) is 11.1 Å². The summed E-state index contributed by atoms with van der Waals surface area (Å²) < 4.78 is 22.5. The van der Waals surface area contributed by atoms with Crippen LogP contribution in [0.4, 0.5) is 0 Å². The van der Waals surface area contributed by atoms with Crippen LogP contribution in [0.1, 0.15) is 60.9 Å². The van der Waals surface area contributed by atoms with Crippen molar-refractivity contribution in [1.82, 2.24) is 5.32 Å². The minimum absolute atomic E-state index is 0.0114. The van der Waals surface area contributed by atoms with Gasteiger partial charge in [-0.1, -0.05) is 44.2 Å². The third kappa shape index (κ3) is 5.79. The van der Waals surface area contributed by atoms with E-state index in [1.165, 1.54) is 38.4 Å². The van der Waals surface area contributed by atoms with Crippen LogP contribution in [-0.4, -0.2) is 26.6 Å². The van der Waals surface area contributed by atoms with Crippen LogP contribution in [-0.2, 0) is 15.6 Å². The molecule has 0 unspecified atom stereocenters. The van der Waals surface area contributed by atoms with E-state index < -0.39 is 9.84 Å². The molecule has 0 bridgehead atoms. The van der Waals surface area contributed by atoms with Crippen molar-refractivity contribution in [3.8, 4) is 0 Å². The molecule has 0 saturated heterocycles. The van der Waals surface area contributed by atoms with Crippen molar-refractivity contribution >= 4 is 15.7 Å². The lowest BCUT2D eigenvalue weighted by Crippen LogP contribution is -2.35. The van der Waals surface area contributed by atoms with Crippen molar-refractivity contribution in [2.24, 2.45) is 0 Å². The number of benzene rings is 1. The zero-order chi connectivity index (χ0) is 16.0. The Morgan fingerprint density at radius 3 is 2.14 bits per heavy atom. The predicted molar refractivity (Wildman–Crippen MR) is 88.6 cm³/mol. The van der Waals surface area contributed by atoms with Gasteiger partial charge in [-0.2, -0.15) is 0 Å². The van der Waals surface area contributed by atoms with E-state index in [-0.39, 0.29) is 17.7 Å². The molecule has 1 aliphatic carbocycles. The van der Waals surface area contributed by atoms with Crippen LogP contribution in [0.25, 0.3) is 0 Å². The molecular formula is C17H25NO3S. The maximum Gasteiger partial charge on any atom is 0.251 e. The summed E-state index contributed by atoms with van der Waals surface area (Å²) in [5.74, 6) is -0.0474. The molecule has 0 heterocycles. The van der Waals surface area contributed by atoms with E-state index in [1.807, 2.05) is 0 Å². The average molecular weight is 323 g/mol. The molecule has 4 nitrogen and oxygen atoms in total. The molecule has 1 saturated carbocycles. The highest BCUT2D eigenvalue weighted by Crippen LogP contribution is 2.17. The van der Waals surface area contributed by atoms with Gasteiger partial charge in [0.1, 0.15) is 0 Å². The van der Waals surface area contributed by atoms with Crippen LogP contribution in [0.5, 0.6) is 0 Å². The summed E-state index contributed by atoms with van der Waals surface area (Å²) in [6.07, 6.45) is 9.50. The van der Waals surface area contributed by atoms with Crippen LogP contribution in [0, 0.1) is 0 Å². The fraction of sp³-hybridized carbons (Fsp3) is 0.588. The third-order valence-electron chi connectivity index (χ3n) is 4.09. The van der Waals surface area contributed by atoms with Gasteiger partial charge >= 0.3 is 0 Å². The molecule has 1 N–H and O–H groups in total. The summed E-state index contributed by atoms with van der Waals surface area (Å²) >= 11 is 0. The summed E-state index contributed by atoms with van der Waals surface area (Å²) in [5.41, 5.74) is 1.31. The summed E-state index contributed by atoms with van der Waals surface area (Å²) in [7, 11) is -3.04. The number of sulfone groups is 1. The quantitative estimate of drug-likeness (QED) is 0.926. The minimum atomic E-state index is -3.04. The first-order valence-corrected chi connectivity index (χ1v) is 10.1. The van der Waals surface area contributed by atoms with E-state index in [2.05, 4.69) is 5.32 Å². The van der Waals surface area contributed by atoms with Crippen LogP contribution in [0.15, 0.2) is 24.3 Å². The molecule has 2 rings (SSSR count). The lowest BCUT2D eigenvalue weighted by Gasteiger charge is -2.21. The molecule has 1 aromatic carbocycles. The first-order valence-electron chi connectivity index (χ1n) is 8.01. The topological polar surface area (TPSA) is 63.2 Å². The predicted octanol–water partition coefficient (Wildman–Crippen LogP) is 3.07. The highest BCUT2D eigenvalue weighted by Gasteiger charge is 2.15. The van der Waals surface area contributed by atoms with Gasteiger partial charge in [0.2, 0.25) is 0 Å². The van der Waals surface area contributed by atoms with Gasteiger partial charge in [0.15, 0.2) is 9.84 Å². The first-order chi connectivity index (χ1) is 10.4. The van der Waals surface area contributed by atoms with Gasteiger partial charge in [-0.3, -0.25) is 4.79 Å². The highest BCUT2D eigenvalue weighted by atomic mass is 32.2. The smallest absolute Gasteiger partial charge is 0.251 e. The summed E-state index contributed by atoms with van der Waals surface area (Å²) in [4.78, 5) is 12.3. The van der Waals surface area contributed by atoms with Gasteiger partial charge in [0, 0.05) is 17.9 Å². The molecule has 22 heavy (non-hydrogen) atoms. The Morgan fingerprint density at radius 1 is 1.05 bits per heavy atom. The van der Waals surface area contributed by atoms with Crippen LogP contribution >= 0.6 is 0 Å². The molecule has 122 valence electrons. The largest absolute Gasteiger partial charge is 0.349 e. The number of rotatable bonds is 4. The van der Waals surface area contributed by atoms with Crippen molar-refractivity contribution < 1.29 is 13.2 Å². The van der Waals surface area contributed by atoms with Crippen LogP contribution in [0.3, 0.4) is 0 Å². The molecule has 0 aliphatic heterocycles. The Balaban J connectivity index is 1.94. The zero-order valence-corrected chi connectivity index (χ0v) is 14.0. The lowest BCUT2D eigenvalue weighted by atomic mass is 9.96. The van der Waals surface area contributed by atoms with Gasteiger partial charge < -0.3 is 5.32 Å². The molecule has 1 aromatic rings. The van der Waals surface area contributed by atoms with Gasteiger partial charge in [-0.05, 0) is 30.5 Å². The second-order valence-electron chi connectivity index (χ2n) is 6.28. The van der Waals surface area contributed by atoms with Crippen molar-refractivity contribution in [1.29, 1.82) is 0 Å². The fourth-order valence-electron chi connectivity index (χ4n) is 2.92. The van der Waals surface area contributed by atoms with Gasteiger partial charge in [0.05, 0.1) is 5.75 Å². The maximum atomic E-state index is 12.3. The van der Waals surface area contributed by atoms with Crippen molar-refractivity contribution in [3.05, 3.63) is 35.4 Å². The molecule has 0 spiro atoms. The number of carbonyl (C=O) groups excluding carboxylic acids is 1. The first kappa shape index (κ1) is 17.0. The van der Waals surface area contributed by atoms with E-state index in [0.717, 1.165) is 12.8 Å². The zero-order valence-electron chi connectivity index (χ0n) is 13.2. The number of amides is 1. The Labute approximate surface area is 133 Å². The normalized spacial score (nSPS) is 17.5. The monoisotopic (exact) mass is 323 g/mol. The van der Waals surface area contributed by atoms with E-state index in [9.17, 15) is 13.2 Å². The molecule has 1 aliphatic rings. The average Bonchev–Trinajstić information content (AvgIpc) is 2.40. The fourth-order valence-corrected chi connectivity index (χ4v) is 3.72. The number of hydrogen-bond acceptors (Lipinski definition) is 3. The van der Waals surface area contributed by atoms with Gasteiger partial charge in [-0.15, -0.1) is 0 Å². The number of carbonyl (C=O) groups is 1. The summed E-state index contributed by atoms with van der Waals surface area (Å²) in [6.45, 7) is 0. The lowest BCUT2D eigenvalue weighted by molar-refractivity contribution is 0.0930. The molecular weight excluding hydrogens is 298 g/mol. The number of nitrogens with one attached hydrogen (secondary N) is 1. The highest BCUT2D eigenvalue weighted by molar-refractivity contribution is 7.89. The van der Waals surface area contributed by atoms with Crippen molar-refractivity contribution in [2.45, 2.75) is 56.7 Å². The van der Waals surface area contributed by atoms with Crippen LogP contribution in [0.2, 0.25) is 0 Å². The SMILES string of the molecule is CS(=O)(=O)Cc1ccc(C(=O)NC2CCCCCCC2)cc1.